The first-order valence-corrected chi connectivity index (χ1v) is 8.25. The van der Waals surface area contributed by atoms with Gasteiger partial charge < -0.3 is 5.11 Å². The molecule has 0 unspecified atom stereocenters. The van der Waals surface area contributed by atoms with E-state index in [4.69, 9.17) is 16.7 Å². The summed E-state index contributed by atoms with van der Waals surface area (Å²) in [4.78, 5) is 0.0441. The quantitative estimate of drug-likeness (QED) is 0.859. The Morgan fingerprint density at radius 3 is 2.35 bits per heavy atom. The normalized spacial score (nSPS) is 11.3. The van der Waals surface area contributed by atoms with E-state index in [-0.39, 0.29) is 16.5 Å². The van der Waals surface area contributed by atoms with Crippen LogP contribution in [0.25, 0.3) is 0 Å². The molecule has 0 heterocycles. The second-order valence-electron chi connectivity index (χ2n) is 4.02. The molecule has 2 aromatic carbocycles. The lowest BCUT2D eigenvalue weighted by Crippen LogP contribution is -2.13. The Hall–Kier alpha value is -1.08. The molecule has 7 heteroatoms. The van der Waals surface area contributed by atoms with Crippen LogP contribution in [0, 0.1) is 0 Å². The summed E-state index contributed by atoms with van der Waals surface area (Å²) < 4.78 is 27.7. The van der Waals surface area contributed by atoms with Gasteiger partial charge in [0.25, 0.3) is 10.0 Å². The van der Waals surface area contributed by atoms with Gasteiger partial charge in [0, 0.05) is 15.2 Å². The fourth-order valence-corrected chi connectivity index (χ4v) is 3.21. The maximum absolute atomic E-state index is 12.2. The number of halogens is 2. The Labute approximate surface area is 130 Å². The lowest BCUT2D eigenvalue weighted by atomic mass is 10.2. The molecule has 0 spiro atoms. The number of aliphatic hydroxyl groups excluding tert-OH is 1. The van der Waals surface area contributed by atoms with E-state index in [1.54, 1.807) is 24.3 Å². The molecule has 0 saturated heterocycles. The zero-order valence-electron chi connectivity index (χ0n) is 10.2. The molecule has 4 nitrogen and oxygen atoms in total. The minimum Gasteiger partial charge on any atom is -0.392 e. The number of rotatable bonds is 4. The van der Waals surface area contributed by atoms with Crippen LogP contribution in [0.5, 0.6) is 0 Å². The molecule has 2 rings (SSSR count). The molecule has 0 fully saturated rings. The first-order chi connectivity index (χ1) is 9.42. The van der Waals surface area contributed by atoms with Gasteiger partial charge in [0.1, 0.15) is 0 Å². The molecule has 0 amide bonds. The Morgan fingerprint density at radius 1 is 1.15 bits per heavy atom. The van der Waals surface area contributed by atoms with Crippen LogP contribution in [0.3, 0.4) is 0 Å². The van der Waals surface area contributed by atoms with Gasteiger partial charge in [-0.3, -0.25) is 4.72 Å². The van der Waals surface area contributed by atoms with Gasteiger partial charge in [-0.2, -0.15) is 0 Å². The summed E-state index contributed by atoms with van der Waals surface area (Å²) in [7, 11) is -3.71. The number of nitrogens with one attached hydrogen (secondary N) is 1. The maximum Gasteiger partial charge on any atom is 0.261 e. The molecule has 20 heavy (non-hydrogen) atoms. The first kappa shape index (κ1) is 15.3. The molecule has 0 saturated carbocycles. The summed E-state index contributed by atoms with van der Waals surface area (Å²) in [6.07, 6.45) is 0. The van der Waals surface area contributed by atoms with Gasteiger partial charge in [0.05, 0.1) is 11.5 Å². The number of benzene rings is 2. The van der Waals surface area contributed by atoms with E-state index < -0.39 is 10.0 Å². The highest BCUT2D eigenvalue weighted by Crippen LogP contribution is 2.23. The Kier molecular flexibility index (Phi) is 4.70. The average molecular weight is 377 g/mol. The van der Waals surface area contributed by atoms with Gasteiger partial charge in [-0.1, -0.05) is 33.6 Å². The van der Waals surface area contributed by atoms with Gasteiger partial charge >= 0.3 is 0 Å². The van der Waals surface area contributed by atoms with Crippen LogP contribution in [0.4, 0.5) is 5.69 Å². The summed E-state index contributed by atoms with van der Waals surface area (Å²) in [5, 5.41) is 9.23. The van der Waals surface area contributed by atoms with Crippen LogP contribution in [0.1, 0.15) is 5.56 Å². The number of hydrogen-bond acceptors (Lipinski definition) is 3. The van der Waals surface area contributed by atoms with Gasteiger partial charge in [0.15, 0.2) is 0 Å². The fraction of sp³-hybridized carbons (Fsp3) is 0.0769. The smallest absolute Gasteiger partial charge is 0.261 e. The molecule has 106 valence electrons. The number of anilines is 1. The first-order valence-electron chi connectivity index (χ1n) is 5.60. The van der Waals surface area contributed by atoms with Crippen molar-refractivity contribution >= 4 is 43.2 Å². The van der Waals surface area contributed by atoms with Gasteiger partial charge in [0.2, 0.25) is 0 Å². The molecule has 0 aliphatic heterocycles. The third kappa shape index (κ3) is 3.52. The summed E-state index contributed by atoms with van der Waals surface area (Å²) in [5.74, 6) is 0. The highest BCUT2D eigenvalue weighted by Gasteiger charge is 2.15. The third-order valence-electron chi connectivity index (χ3n) is 2.60. The van der Waals surface area contributed by atoms with Crippen molar-refractivity contribution in [2.75, 3.05) is 4.72 Å². The van der Waals surface area contributed by atoms with Crippen molar-refractivity contribution in [3.63, 3.8) is 0 Å². The molecule has 0 aliphatic carbocycles. The maximum atomic E-state index is 12.2. The van der Waals surface area contributed by atoms with Crippen LogP contribution >= 0.6 is 27.5 Å². The van der Waals surface area contributed by atoms with Crippen LogP contribution in [0.15, 0.2) is 51.8 Å². The van der Waals surface area contributed by atoms with Gasteiger partial charge in [-0.05, 0) is 42.0 Å². The largest absolute Gasteiger partial charge is 0.392 e. The van der Waals surface area contributed by atoms with Crippen LogP contribution in [0.2, 0.25) is 5.02 Å². The minimum absolute atomic E-state index is 0.0441. The zero-order valence-corrected chi connectivity index (χ0v) is 13.3. The molecule has 0 aliphatic rings. The highest BCUT2D eigenvalue weighted by atomic mass is 79.9. The van der Waals surface area contributed by atoms with Crippen LogP contribution in [-0.2, 0) is 16.6 Å². The minimum atomic E-state index is -3.71. The van der Waals surface area contributed by atoms with Crippen molar-refractivity contribution in [2.45, 2.75) is 11.5 Å². The van der Waals surface area contributed by atoms with Crippen molar-refractivity contribution in [2.24, 2.45) is 0 Å². The zero-order chi connectivity index (χ0) is 14.8. The van der Waals surface area contributed by atoms with Gasteiger partial charge in [-0.15, -0.1) is 0 Å². The van der Waals surface area contributed by atoms with E-state index in [9.17, 15) is 8.42 Å². The molecule has 0 aromatic heterocycles. The number of sulfonamides is 1. The Morgan fingerprint density at radius 2 is 1.80 bits per heavy atom. The second-order valence-corrected chi connectivity index (χ2v) is 7.03. The van der Waals surface area contributed by atoms with Crippen LogP contribution in [-0.4, -0.2) is 13.5 Å². The molecule has 0 bridgehead atoms. The monoisotopic (exact) mass is 375 g/mol. The molecular formula is C13H11BrClNO3S. The SMILES string of the molecule is O=S(=O)(Nc1ccc(Br)cc1)c1ccc(CO)c(Cl)c1. The van der Waals surface area contributed by atoms with Gasteiger partial charge in [-0.25, -0.2) is 8.42 Å². The van der Waals surface area contributed by atoms with Crippen molar-refractivity contribution in [3.05, 3.63) is 57.5 Å². The molecule has 2 N–H and O–H groups in total. The van der Waals surface area contributed by atoms with Crippen molar-refractivity contribution in [1.82, 2.24) is 0 Å². The van der Waals surface area contributed by atoms with E-state index in [0.717, 1.165) is 4.47 Å². The Balaban J connectivity index is 2.30. The van der Waals surface area contributed by atoms with Crippen molar-refractivity contribution < 1.29 is 13.5 Å². The van der Waals surface area contributed by atoms with Crippen molar-refractivity contribution in [3.8, 4) is 0 Å². The molecule has 0 atom stereocenters. The average Bonchev–Trinajstić information content (AvgIpc) is 2.41. The van der Waals surface area contributed by atoms with Crippen LogP contribution < -0.4 is 4.72 Å². The highest BCUT2D eigenvalue weighted by molar-refractivity contribution is 9.10. The van der Waals surface area contributed by atoms with E-state index in [1.165, 1.54) is 18.2 Å². The number of hydrogen-bond donors (Lipinski definition) is 2. The summed E-state index contributed by atoms with van der Waals surface area (Å²) in [6.45, 7) is -0.237. The number of aliphatic hydroxyl groups is 1. The lowest BCUT2D eigenvalue weighted by Gasteiger charge is -2.09. The van der Waals surface area contributed by atoms with E-state index in [1.807, 2.05) is 0 Å². The summed E-state index contributed by atoms with van der Waals surface area (Å²) in [5.41, 5.74) is 0.935. The molecule has 0 radical (unpaired) electrons. The van der Waals surface area contributed by atoms with E-state index in [0.29, 0.717) is 11.3 Å². The molecule has 2 aromatic rings. The van der Waals surface area contributed by atoms with Crippen molar-refractivity contribution in [1.29, 1.82) is 0 Å². The standard InChI is InChI=1S/C13H11BrClNO3S/c14-10-2-4-11(5-3-10)16-20(18,19)12-6-1-9(8-17)13(15)7-12/h1-7,16-17H,8H2. The summed E-state index contributed by atoms with van der Waals surface area (Å²) >= 11 is 9.18. The predicted molar refractivity (Wildman–Crippen MR) is 82.3 cm³/mol. The Bertz CT molecular complexity index is 717. The predicted octanol–water partition coefficient (Wildman–Crippen LogP) is 3.40. The lowest BCUT2D eigenvalue weighted by molar-refractivity contribution is 0.282. The summed E-state index contributed by atoms with van der Waals surface area (Å²) in [6, 6.07) is 11.0. The second kappa shape index (κ2) is 6.13. The third-order valence-corrected chi connectivity index (χ3v) is 4.86. The van der Waals surface area contributed by atoms with E-state index >= 15 is 0 Å². The fourth-order valence-electron chi connectivity index (χ4n) is 1.56. The topological polar surface area (TPSA) is 66.4 Å². The van der Waals surface area contributed by atoms with E-state index in [2.05, 4.69) is 20.7 Å². The molecular weight excluding hydrogens is 366 g/mol.